The first kappa shape index (κ1) is 20.2. The molecule has 0 atom stereocenters. The Kier molecular flexibility index (Phi) is 5.31. The number of anilines is 2. The van der Waals surface area contributed by atoms with E-state index in [9.17, 15) is 4.79 Å². The maximum atomic E-state index is 13.7. The Morgan fingerprint density at radius 2 is 1.75 bits per heavy atom. The topological polar surface area (TPSA) is 64.1 Å². The monoisotopic (exact) mass is 431 g/mol. The molecule has 0 N–H and O–H groups in total. The zero-order chi connectivity index (χ0) is 22.1. The third kappa shape index (κ3) is 3.70. The van der Waals surface area contributed by atoms with Gasteiger partial charge in [0.25, 0.3) is 5.91 Å². The molecule has 164 valence electrons. The van der Waals surface area contributed by atoms with E-state index in [0.717, 1.165) is 17.9 Å². The molecule has 0 saturated heterocycles. The van der Waals surface area contributed by atoms with E-state index in [1.807, 2.05) is 23.1 Å². The molecule has 0 spiro atoms. The van der Waals surface area contributed by atoms with Crippen molar-refractivity contribution in [2.24, 2.45) is 0 Å². The van der Waals surface area contributed by atoms with Crippen molar-refractivity contribution in [3.8, 4) is 23.0 Å². The quantitative estimate of drug-likeness (QED) is 0.572. The fraction of sp³-hybridized carbons (Fsp3) is 0.280. The Morgan fingerprint density at radius 1 is 0.938 bits per heavy atom. The molecular formula is C25H25N3O4. The van der Waals surface area contributed by atoms with Crippen molar-refractivity contribution in [3.05, 3.63) is 66.5 Å². The molecule has 5 rings (SSSR count). The van der Waals surface area contributed by atoms with Gasteiger partial charge in [-0.05, 0) is 43.2 Å². The Bertz CT molecular complexity index is 1150. The van der Waals surface area contributed by atoms with Crippen LogP contribution in [0.2, 0.25) is 0 Å². The number of carbonyl (C=O) groups excluding carboxylic acids is 1. The maximum absolute atomic E-state index is 13.7. The number of amides is 1. The average Bonchev–Trinajstić information content (AvgIpc) is 3.68. The number of rotatable bonds is 6. The predicted octanol–water partition coefficient (Wildman–Crippen LogP) is 4.52. The standard InChI is InChI=1S/C25H25N3O4/c1-30-18-9-10-23(31-2)24(15-18)32-22-11-12-26-16-19(22)25(29)28-14-13-27(17-7-8-17)20-5-3-4-6-21(20)28/h3-6,9-12,15-17H,7-8,13-14H2,1-2H3. The lowest BCUT2D eigenvalue weighted by atomic mass is 10.1. The second-order valence-electron chi connectivity index (χ2n) is 7.86. The molecular weight excluding hydrogens is 406 g/mol. The largest absolute Gasteiger partial charge is 0.497 e. The van der Waals surface area contributed by atoms with Gasteiger partial charge in [0, 0.05) is 37.6 Å². The highest BCUT2D eigenvalue weighted by Crippen LogP contribution is 2.41. The van der Waals surface area contributed by atoms with Crippen LogP contribution in [-0.4, -0.2) is 44.2 Å². The second-order valence-corrected chi connectivity index (χ2v) is 7.86. The number of ether oxygens (including phenoxy) is 3. The third-order valence-electron chi connectivity index (χ3n) is 5.88. The van der Waals surface area contributed by atoms with E-state index < -0.39 is 0 Å². The van der Waals surface area contributed by atoms with Gasteiger partial charge in [0.1, 0.15) is 17.1 Å². The molecule has 1 aromatic heterocycles. The maximum Gasteiger partial charge on any atom is 0.263 e. The van der Waals surface area contributed by atoms with E-state index >= 15 is 0 Å². The summed E-state index contributed by atoms with van der Waals surface area (Å²) < 4.78 is 16.9. The molecule has 3 aromatic rings. The number of para-hydroxylation sites is 2. The van der Waals surface area contributed by atoms with Crippen LogP contribution in [0.4, 0.5) is 11.4 Å². The second kappa shape index (κ2) is 8.42. The lowest BCUT2D eigenvalue weighted by Crippen LogP contribution is -2.45. The van der Waals surface area contributed by atoms with Gasteiger partial charge in [0.05, 0.1) is 25.6 Å². The highest BCUT2D eigenvalue weighted by Gasteiger charge is 2.36. The lowest BCUT2D eigenvalue weighted by Gasteiger charge is -2.38. The van der Waals surface area contributed by atoms with Crippen molar-refractivity contribution in [1.29, 1.82) is 0 Å². The van der Waals surface area contributed by atoms with Crippen LogP contribution in [0.5, 0.6) is 23.0 Å². The third-order valence-corrected chi connectivity index (χ3v) is 5.88. The molecule has 7 nitrogen and oxygen atoms in total. The van der Waals surface area contributed by atoms with Gasteiger partial charge in [-0.2, -0.15) is 0 Å². The number of aromatic nitrogens is 1. The first-order valence-corrected chi connectivity index (χ1v) is 10.7. The van der Waals surface area contributed by atoms with Crippen LogP contribution in [0.1, 0.15) is 23.2 Å². The van der Waals surface area contributed by atoms with E-state index in [4.69, 9.17) is 14.2 Å². The number of benzene rings is 2. The summed E-state index contributed by atoms with van der Waals surface area (Å²) in [5.41, 5.74) is 2.42. The minimum absolute atomic E-state index is 0.141. The SMILES string of the molecule is COc1ccc(OC)c(Oc2ccncc2C(=O)N2CCN(C3CC3)c3ccccc32)c1. The van der Waals surface area contributed by atoms with Crippen LogP contribution in [0.3, 0.4) is 0 Å². The van der Waals surface area contributed by atoms with E-state index in [2.05, 4.69) is 16.0 Å². The molecule has 1 fully saturated rings. The van der Waals surface area contributed by atoms with Crippen LogP contribution in [0.25, 0.3) is 0 Å². The van der Waals surface area contributed by atoms with Crippen LogP contribution < -0.4 is 24.0 Å². The molecule has 32 heavy (non-hydrogen) atoms. The molecule has 0 unspecified atom stereocenters. The normalized spacial score (nSPS) is 15.2. The van der Waals surface area contributed by atoms with Gasteiger partial charge >= 0.3 is 0 Å². The Labute approximate surface area is 187 Å². The summed E-state index contributed by atoms with van der Waals surface area (Å²) in [7, 11) is 3.16. The smallest absolute Gasteiger partial charge is 0.263 e. The van der Waals surface area contributed by atoms with Crippen molar-refractivity contribution in [1.82, 2.24) is 4.98 Å². The van der Waals surface area contributed by atoms with Crippen molar-refractivity contribution in [2.45, 2.75) is 18.9 Å². The van der Waals surface area contributed by atoms with Crippen molar-refractivity contribution in [3.63, 3.8) is 0 Å². The van der Waals surface area contributed by atoms with Gasteiger partial charge in [0.15, 0.2) is 11.5 Å². The van der Waals surface area contributed by atoms with Gasteiger partial charge < -0.3 is 24.0 Å². The molecule has 7 heteroatoms. The molecule has 2 heterocycles. The van der Waals surface area contributed by atoms with E-state index in [0.29, 0.717) is 41.1 Å². The van der Waals surface area contributed by atoms with Crippen molar-refractivity contribution in [2.75, 3.05) is 37.1 Å². The van der Waals surface area contributed by atoms with Crippen LogP contribution in [0, 0.1) is 0 Å². The zero-order valence-corrected chi connectivity index (χ0v) is 18.2. The average molecular weight is 431 g/mol. The van der Waals surface area contributed by atoms with Gasteiger partial charge in [-0.15, -0.1) is 0 Å². The highest BCUT2D eigenvalue weighted by atomic mass is 16.5. The number of methoxy groups -OCH3 is 2. The highest BCUT2D eigenvalue weighted by molar-refractivity contribution is 6.09. The summed E-state index contributed by atoms with van der Waals surface area (Å²) in [5, 5.41) is 0. The number of hydrogen-bond donors (Lipinski definition) is 0. The summed E-state index contributed by atoms with van der Waals surface area (Å²) in [4.78, 5) is 22.1. The van der Waals surface area contributed by atoms with E-state index in [1.165, 1.54) is 12.8 Å². The molecule has 2 aromatic carbocycles. The fourth-order valence-corrected chi connectivity index (χ4v) is 4.12. The lowest BCUT2D eigenvalue weighted by molar-refractivity contribution is 0.0984. The number of nitrogens with zero attached hydrogens (tertiary/aromatic N) is 3. The molecule has 2 aliphatic rings. The van der Waals surface area contributed by atoms with Crippen LogP contribution in [-0.2, 0) is 0 Å². The molecule has 1 amide bonds. The first-order chi connectivity index (χ1) is 15.7. The molecule has 0 bridgehead atoms. The minimum atomic E-state index is -0.141. The Hall–Kier alpha value is -3.74. The van der Waals surface area contributed by atoms with Gasteiger partial charge in [0.2, 0.25) is 0 Å². The summed E-state index contributed by atoms with van der Waals surface area (Å²) in [6, 6.07) is 15.7. The van der Waals surface area contributed by atoms with Gasteiger partial charge in [-0.3, -0.25) is 9.78 Å². The first-order valence-electron chi connectivity index (χ1n) is 10.7. The van der Waals surface area contributed by atoms with Gasteiger partial charge in [-0.1, -0.05) is 12.1 Å². The molecule has 1 saturated carbocycles. The molecule has 1 aliphatic heterocycles. The fourth-order valence-electron chi connectivity index (χ4n) is 4.12. The van der Waals surface area contributed by atoms with E-state index in [-0.39, 0.29) is 5.91 Å². The number of hydrogen-bond acceptors (Lipinski definition) is 6. The van der Waals surface area contributed by atoms with Crippen molar-refractivity contribution < 1.29 is 19.0 Å². The predicted molar refractivity (Wildman–Crippen MR) is 122 cm³/mol. The summed E-state index contributed by atoms with van der Waals surface area (Å²) >= 11 is 0. The Balaban J connectivity index is 1.48. The summed E-state index contributed by atoms with van der Waals surface area (Å²) in [6.07, 6.45) is 5.59. The summed E-state index contributed by atoms with van der Waals surface area (Å²) in [6.45, 7) is 1.43. The van der Waals surface area contributed by atoms with Crippen molar-refractivity contribution >= 4 is 17.3 Å². The minimum Gasteiger partial charge on any atom is -0.497 e. The van der Waals surface area contributed by atoms with Crippen LogP contribution >= 0.6 is 0 Å². The number of pyridine rings is 1. The number of carbonyl (C=O) groups is 1. The summed E-state index contributed by atoms with van der Waals surface area (Å²) in [5.74, 6) is 1.92. The number of fused-ring (bicyclic) bond motifs is 1. The van der Waals surface area contributed by atoms with E-state index in [1.54, 1.807) is 50.9 Å². The Morgan fingerprint density at radius 3 is 2.50 bits per heavy atom. The molecule has 1 aliphatic carbocycles. The van der Waals surface area contributed by atoms with Gasteiger partial charge in [-0.25, -0.2) is 0 Å². The molecule has 0 radical (unpaired) electrons. The van der Waals surface area contributed by atoms with Crippen LogP contribution in [0.15, 0.2) is 60.9 Å². The zero-order valence-electron chi connectivity index (χ0n) is 18.2.